The van der Waals surface area contributed by atoms with Crippen LogP contribution in [0.1, 0.15) is 11.3 Å². The van der Waals surface area contributed by atoms with E-state index in [1.165, 1.54) is 10.9 Å². The van der Waals surface area contributed by atoms with Gasteiger partial charge in [0.05, 0.1) is 14.2 Å². The highest BCUT2D eigenvalue weighted by molar-refractivity contribution is 5.77. The van der Waals surface area contributed by atoms with Crippen molar-refractivity contribution < 1.29 is 14.0 Å². The topological polar surface area (TPSA) is 22.3 Å². The third-order valence-corrected chi connectivity index (χ3v) is 3.99. The minimum absolute atomic E-state index is 0.813. The molecular formula is C20H20NO2+. The lowest BCUT2D eigenvalue weighted by Crippen LogP contribution is -2.32. The average Bonchev–Trinajstić information content (AvgIpc) is 2.61. The molecule has 0 fully saturated rings. The van der Waals surface area contributed by atoms with Gasteiger partial charge in [-0.05, 0) is 36.4 Å². The Kier molecular flexibility index (Phi) is 4.29. The number of aromatic nitrogens is 1. The van der Waals surface area contributed by atoms with Crippen LogP contribution in [0.2, 0.25) is 0 Å². The molecule has 0 saturated heterocycles. The molecule has 2 aromatic carbocycles. The van der Waals surface area contributed by atoms with E-state index in [4.69, 9.17) is 9.47 Å². The molecule has 3 nitrogen and oxygen atoms in total. The van der Waals surface area contributed by atoms with E-state index in [0.717, 1.165) is 22.8 Å². The van der Waals surface area contributed by atoms with Crippen LogP contribution in [-0.2, 0) is 7.05 Å². The first-order valence-electron chi connectivity index (χ1n) is 7.51. The second-order valence-electron chi connectivity index (χ2n) is 5.32. The molecule has 0 amide bonds. The van der Waals surface area contributed by atoms with Crippen molar-refractivity contribution in [3.05, 3.63) is 65.9 Å². The summed E-state index contributed by atoms with van der Waals surface area (Å²) >= 11 is 0. The predicted octanol–water partition coefficient (Wildman–Crippen LogP) is 3.85. The van der Waals surface area contributed by atoms with Crippen LogP contribution in [0.15, 0.2) is 54.6 Å². The van der Waals surface area contributed by atoms with Crippen LogP contribution in [-0.4, -0.2) is 14.2 Å². The first-order chi connectivity index (χ1) is 11.2. The Morgan fingerprint density at radius 3 is 2.48 bits per heavy atom. The highest BCUT2D eigenvalue weighted by atomic mass is 16.5. The van der Waals surface area contributed by atoms with Crippen molar-refractivity contribution in [1.82, 2.24) is 0 Å². The Hall–Kier alpha value is -2.81. The van der Waals surface area contributed by atoms with Gasteiger partial charge in [-0.2, -0.15) is 4.57 Å². The monoisotopic (exact) mass is 306 g/mol. The summed E-state index contributed by atoms with van der Waals surface area (Å²) in [5.41, 5.74) is 3.31. The first-order valence-corrected chi connectivity index (χ1v) is 7.51. The van der Waals surface area contributed by atoms with E-state index in [-0.39, 0.29) is 0 Å². The number of hydrogen-bond donors (Lipinski definition) is 0. The molecule has 3 heteroatoms. The number of para-hydroxylation sites is 1. The molecule has 0 atom stereocenters. The van der Waals surface area contributed by atoms with E-state index in [0.29, 0.717) is 0 Å². The number of fused-ring (bicyclic) bond motifs is 1. The summed E-state index contributed by atoms with van der Waals surface area (Å²) in [7, 11) is 5.42. The van der Waals surface area contributed by atoms with Crippen molar-refractivity contribution in [1.29, 1.82) is 0 Å². The van der Waals surface area contributed by atoms with Crippen molar-refractivity contribution in [2.75, 3.05) is 14.2 Å². The Morgan fingerprint density at radius 1 is 0.870 bits per heavy atom. The Balaban J connectivity index is 2.02. The van der Waals surface area contributed by atoms with Crippen LogP contribution in [0.4, 0.5) is 0 Å². The smallest absolute Gasteiger partial charge is 0.212 e. The summed E-state index contributed by atoms with van der Waals surface area (Å²) in [6.45, 7) is 0. The molecule has 23 heavy (non-hydrogen) atoms. The van der Waals surface area contributed by atoms with Gasteiger partial charge >= 0.3 is 0 Å². The average molecular weight is 306 g/mol. The van der Waals surface area contributed by atoms with E-state index in [2.05, 4.69) is 54.1 Å². The number of benzene rings is 2. The van der Waals surface area contributed by atoms with Gasteiger partial charge in [0.15, 0.2) is 0 Å². The number of aryl methyl sites for hydroxylation is 1. The third-order valence-electron chi connectivity index (χ3n) is 3.99. The molecule has 1 aromatic heterocycles. The van der Waals surface area contributed by atoms with Gasteiger partial charge in [0.25, 0.3) is 0 Å². The van der Waals surface area contributed by atoms with E-state index in [1.54, 1.807) is 14.2 Å². The van der Waals surface area contributed by atoms with Crippen LogP contribution < -0.4 is 14.0 Å². The standard InChI is InChI=1S/C20H20NO2/c1-21-17(10-8-15-6-4-5-7-19(15)21)11-9-16-14-18(22-2)12-13-20(16)23-3/h4-14H,1-3H3/q+1/b11-9+. The molecule has 0 aliphatic rings. The highest BCUT2D eigenvalue weighted by Gasteiger charge is 2.09. The van der Waals surface area contributed by atoms with Gasteiger partial charge in [-0.15, -0.1) is 0 Å². The lowest BCUT2D eigenvalue weighted by molar-refractivity contribution is -0.646. The minimum atomic E-state index is 0.813. The molecule has 116 valence electrons. The van der Waals surface area contributed by atoms with Crippen LogP contribution >= 0.6 is 0 Å². The fraction of sp³-hybridized carbons (Fsp3) is 0.150. The Labute approximate surface area is 136 Å². The summed E-state index contributed by atoms with van der Waals surface area (Å²) in [6.07, 6.45) is 4.13. The summed E-state index contributed by atoms with van der Waals surface area (Å²) in [6, 6.07) is 18.4. The molecular weight excluding hydrogens is 286 g/mol. The fourth-order valence-corrected chi connectivity index (χ4v) is 2.67. The fourth-order valence-electron chi connectivity index (χ4n) is 2.67. The normalized spacial score (nSPS) is 11.1. The van der Waals surface area contributed by atoms with E-state index in [1.807, 2.05) is 24.3 Å². The van der Waals surface area contributed by atoms with Gasteiger partial charge in [0.1, 0.15) is 18.5 Å². The highest BCUT2D eigenvalue weighted by Crippen LogP contribution is 2.25. The zero-order valence-electron chi connectivity index (χ0n) is 13.6. The maximum Gasteiger partial charge on any atom is 0.212 e. The lowest BCUT2D eigenvalue weighted by Gasteiger charge is -2.07. The Bertz CT molecular complexity index is 869. The first kappa shape index (κ1) is 15.1. The minimum Gasteiger partial charge on any atom is -0.497 e. The summed E-state index contributed by atoms with van der Waals surface area (Å²) in [4.78, 5) is 0. The molecule has 1 heterocycles. The van der Waals surface area contributed by atoms with Crippen molar-refractivity contribution >= 4 is 23.1 Å². The maximum atomic E-state index is 5.42. The SMILES string of the molecule is COc1ccc(OC)c(/C=C/c2ccc3ccccc3[n+]2C)c1. The van der Waals surface area contributed by atoms with Gasteiger partial charge in [-0.25, -0.2) is 0 Å². The molecule has 0 aliphatic heterocycles. The van der Waals surface area contributed by atoms with Crippen LogP contribution in [0.5, 0.6) is 11.5 Å². The second-order valence-corrected chi connectivity index (χ2v) is 5.32. The van der Waals surface area contributed by atoms with Gasteiger partial charge in [-0.1, -0.05) is 12.1 Å². The van der Waals surface area contributed by atoms with E-state index < -0.39 is 0 Å². The zero-order valence-corrected chi connectivity index (χ0v) is 13.6. The largest absolute Gasteiger partial charge is 0.497 e. The van der Waals surface area contributed by atoms with Gasteiger partial charge in [-0.3, -0.25) is 0 Å². The number of hydrogen-bond acceptors (Lipinski definition) is 2. The van der Waals surface area contributed by atoms with Crippen molar-refractivity contribution in [3.8, 4) is 11.5 Å². The number of rotatable bonds is 4. The second kappa shape index (κ2) is 6.53. The van der Waals surface area contributed by atoms with Gasteiger partial charge < -0.3 is 9.47 Å². The van der Waals surface area contributed by atoms with Crippen LogP contribution in [0.25, 0.3) is 23.1 Å². The van der Waals surface area contributed by atoms with Gasteiger partial charge in [0.2, 0.25) is 11.2 Å². The number of methoxy groups -OCH3 is 2. The van der Waals surface area contributed by atoms with Gasteiger partial charge in [0, 0.05) is 29.2 Å². The number of ether oxygens (including phenoxy) is 2. The van der Waals surface area contributed by atoms with Crippen LogP contribution in [0.3, 0.4) is 0 Å². The Morgan fingerprint density at radius 2 is 1.70 bits per heavy atom. The molecule has 0 saturated carbocycles. The van der Waals surface area contributed by atoms with Crippen LogP contribution in [0, 0.1) is 0 Å². The molecule has 3 rings (SSSR count). The molecule has 0 bridgehead atoms. The summed E-state index contributed by atoms with van der Waals surface area (Å²) in [5, 5.41) is 1.23. The maximum absolute atomic E-state index is 5.42. The summed E-state index contributed by atoms with van der Waals surface area (Å²) < 4.78 is 12.9. The van der Waals surface area contributed by atoms with Crippen molar-refractivity contribution in [2.24, 2.45) is 7.05 Å². The van der Waals surface area contributed by atoms with Crippen molar-refractivity contribution in [2.45, 2.75) is 0 Å². The summed E-state index contributed by atoms with van der Waals surface area (Å²) in [5.74, 6) is 1.64. The molecule has 0 N–H and O–H groups in total. The lowest BCUT2D eigenvalue weighted by atomic mass is 10.1. The molecule has 0 radical (unpaired) electrons. The predicted molar refractivity (Wildman–Crippen MR) is 93.6 cm³/mol. The molecule has 0 unspecified atom stereocenters. The number of pyridine rings is 1. The number of nitrogens with zero attached hydrogens (tertiary/aromatic N) is 1. The van der Waals surface area contributed by atoms with Crippen molar-refractivity contribution in [3.63, 3.8) is 0 Å². The third kappa shape index (κ3) is 3.04. The molecule has 3 aromatic rings. The quantitative estimate of drug-likeness (QED) is 0.683. The van der Waals surface area contributed by atoms with E-state index in [9.17, 15) is 0 Å². The molecule has 0 aliphatic carbocycles. The van der Waals surface area contributed by atoms with E-state index >= 15 is 0 Å². The zero-order chi connectivity index (χ0) is 16.2. The molecule has 0 spiro atoms.